The molecule has 1 saturated carbocycles. The van der Waals surface area contributed by atoms with E-state index in [9.17, 15) is 4.79 Å². The van der Waals surface area contributed by atoms with Crippen molar-refractivity contribution in [2.75, 3.05) is 6.79 Å². The molecule has 1 fully saturated rings. The number of esters is 1. The van der Waals surface area contributed by atoms with Crippen molar-refractivity contribution in [2.45, 2.75) is 19.3 Å². The maximum absolute atomic E-state index is 12.1. The largest absolute Gasteiger partial charge is 0.461 e. The third-order valence-electron chi connectivity index (χ3n) is 4.64. The second-order valence-corrected chi connectivity index (χ2v) is 6.46. The molecular formula is C19H15NO5. The molecule has 1 aromatic carbocycles. The van der Waals surface area contributed by atoms with Gasteiger partial charge in [-0.3, -0.25) is 0 Å². The Morgan fingerprint density at radius 2 is 2.00 bits per heavy atom. The number of hydrogen-bond donors (Lipinski definition) is 0. The Balaban J connectivity index is 1.42. The van der Waals surface area contributed by atoms with Crippen molar-refractivity contribution >= 4 is 17.9 Å². The first kappa shape index (κ1) is 14.3. The number of nitrogens with zero attached hydrogens (tertiary/aromatic N) is 1. The van der Waals surface area contributed by atoms with Gasteiger partial charge in [-0.15, -0.1) is 0 Å². The molecule has 5 rings (SSSR count). The summed E-state index contributed by atoms with van der Waals surface area (Å²) in [5.74, 6) is 3.77. The molecule has 0 amide bonds. The number of hydrogen-bond acceptors (Lipinski definition) is 6. The number of carbonyl (C=O) groups excluding carboxylic acids is 1. The number of cyclic esters (lactones) is 1. The van der Waals surface area contributed by atoms with Gasteiger partial charge in [0.15, 0.2) is 17.2 Å². The predicted molar refractivity (Wildman–Crippen MR) is 88.4 cm³/mol. The van der Waals surface area contributed by atoms with Crippen LogP contribution in [0.1, 0.15) is 36.3 Å². The molecule has 6 heteroatoms. The Morgan fingerprint density at radius 1 is 1.16 bits per heavy atom. The Hall–Kier alpha value is -3.02. The highest BCUT2D eigenvalue weighted by molar-refractivity contribution is 6.12. The quantitative estimate of drug-likeness (QED) is 0.633. The summed E-state index contributed by atoms with van der Waals surface area (Å²) in [5, 5.41) is 0. The lowest BCUT2D eigenvalue weighted by molar-refractivity contribution is -0.129. The molecule has 1 aliphatic carbocycles. The third kappa shape index (κ3) is 2.50. The smallest absolute Gasteiger partial charge is 0.363 e. The Kier molecular flexibility index (Phi) is 3.00. The summed E-state index contributed by atoms with van der Waals surface area (Å²) in [5.41, 5.74) is 0.880. The van der Waals surface area contributed by atoms with Gasteiger partial charge in [-0.05, 0) is 42.7 Å². The van der Waals surface area contributed by atoms with Crippen LogP contribution in [0.4, 0.5) is 0 Å². The number of carbonyl (C=O) groups is 1. The van der Waals surface area contributed by atoms with E-state index >= 15 is 0 Å². The van der Waals surface area contributed by atoms with Crippen molar-refractivity contribution in [2.24, 2.45) is 10.9 Å². The molecule has 0 unspecified atom stereocenters. The Bertz CT molecular complexity index is 939. The Labute approximate surface area is 143 Å². The lowest BCUT2D eigenvalue weighted by Crippen LogP contribution is -2.05. The van der Waals surface area contributed by atoms with Crippen LogP contribution in [0.3, 0.4) is 0 Å². The highest BCUT2D eigenvalue weighted by Crippen LogP contribution is 2.47. The van der Waals surface area contributed by atoms with Crippen LogP contribution in [0.2, 0.25) is 0 Å². The fourth-order valence-corrected chi connectivity index (χ4v) is 3.06. The minimum atomic E-state index is -0.495. The van der Waals surface area contributed by atoms with Gasteiger partial charge in [0.25, 0.3) is 0 Å². The SMILES string of the molecule is C[C@H]1C[C@H]1c1ccc(/C=C2\N=C(c3ccc4c(c3)OCO4)OC2=O)o1. The van der Waals surface area contributed by atoms with Crippen LogP contribution >= 0.6 is 0 Å². The van der Waals surface area contributed by atoms with Crippen molar-refractivity contribution in [1.82, 2.24) is 0 Å². The zero-order valence-corrected chi connectivity index (χ0v) is 13.5. The molecule has 0 radical (unpaired) electrons. The standard InChI is InChI=1S/C19H15NO5/c1-10-6-13(10)15-5-3-12(24-15)8-14-19(21)25-18(20-14)11-2-4-16-17(7-11)23-9-22-16/h2-5,7-8,10,13H,6,9H2,1H3/b14-8-/t10-,13+/m0/s1. The number of rotatable bonds is 3. The van der Waals surface area contributed by atoms with Gasteiger partial charge < -0.3 is 18.6 Å². The summed E-state index contributed by atoms with van der Waals surface area (Å²) in [7, 11) is 0. The maximum atomic E-state index is 12.1. The van der Waals surface area contributed by atoms with Gasteiger partial charge in [0.05, 0.1) is 0 Å². The molecule has 0 spiro atoms. The van der Waals surface area contributed by atoms with Crippen molar-refractivity contribution in [3.63, 3.8) is 0 Å². The topological polar surface area (TPSA) is 70.3 Å². The first-order valence-corrected chi connectivity index (χ1v) is 8.20. The zero-order valence-electron chi connectivity index (χ0n) is 13.5. The molecule has 0 bridgehead atoms. The first-order valence-electron chi connectivity index (χ1n) is 8.20. The third-order valence-corrected chi connectivity index (χ3v) is 4.64. The van der Waals surface area contributed by atoms with E-state index in [0.717, 1.165) is 12.2 Å². The summed E-state index contributed by atoms with van der Waals surface area (Å²) < 4.78 is 21.7. The molecule has 0 saturated heterocycles. The number of benzene rings is 1. The molecule has 3 aliphatic rings. The van der Waals surface area contributed by atoms with Crippen molar-refractivity contribution in [3.8, 4) is 11.5 Å². The van der Waals surface area contributed by atoms with Crippen LogP contribution in [-0.4, -0.2) is 18.7 Å². The second kappa shape index (κ2) is 5.24. The van der Waals surface area contributed by atoms with Crippen molar-refractivity contribution in [3.05, 3.63) is 53.1 Å². The van der Waals surface area contributed by atoms with Crippen molar-refractivity contribution in [1.29, 1.82) is 0 Å². The Morgan fingerprint density at radius 3 is 2.84 bits per heavy atom. The van der Waals surface area contributed by atoms with Gasteiger partial charge in [-0.1, -0.05) is 6.92 Å². The van der Waals surface area contributed by atoms with E-state index in [2.05, 4.69) is 11.9 Å². The number of furan rings is 1. The van der Waals surface area contributed by atoms with Crippen LogP contribution in [0.25, 0.3) is 6.08 Å². The average Bonchev–Trinajstić information content (AvgIpc) is 3.03. The monoisotopic (exact) mass is 337 g/mol. The normalized spacial score (nSPS) is 25.2. The van der Waals surface area contributed by atoms with E-state index < -0.39 is 5.97 Å². The fraction of sp³-hybridized carbons (Fsp3) is 0.263. The molecule has 126 valence electrons. The summed E-state index contributed by atoms with van der Waals surface area (Å²) in [6.07, 6.45) is 2.76. The van der Waals surface area contributed by atoms with Crippen LogP contribution in [0.5, 0.6) is 11.5 Å². The second-order valence-electron chi connectivity index (χ2n) is 6.46. The molecule has 2 atom stereocenters. The first-order chi connectivity index (χ1) is 12.2. The van der Waals surface area contributed by atoms with E-state index in [-0.39, 0.29) is 18.4 Å². The van der Waals surface area contributed by atoms with Gasteiger partial charge in [0, 0.05) is 17.6 Å². The molecule has 25 heavy (non-hydrogen) atoms. The summed E-state index contributed by atoms with van der Waals surface area (Å²) in [6, 6.07) is 9.11. The van der Waals surface area contributed by atoms with E-state index in [1.165, 1.54) is 0 Å². The zero-order chi connectivity index (χ0) is 17.0. The highest BCUT2D eigenvalue weighted by atomic mass is 16.7. The van der Waals surface area contributed by atoms with Crippen LogP contribution < -0.4 is 9.47 Å². The molecule has 3 heterocycles. The van der Waals surface area contributed by atoms with E-state index in [1.807, 2.05) is 12.1 Å². The van der Waals surface area contributed by atoms with Gasteiger partial charge in [-0.25, -0.2) is 9.79 Å². The van der Waals surface area contributed by atoms with E-state index in [1.54, 1.807) is 24.3 Å². The summed E-state index contributed by atoms with van der Waals surface area (Å²) >= 11 is 0. The fourth-order valence-electron chi connectivity index (χ4n) is 3.06. The average molecular weight is 337 g/mol. The lowest BCUT2D eigenvalue weighted by atomic mass is 10.2. The van der Waals surface area contributed by atoms with Crippen LogP contribution in [-0.2, 0) is 9.53 Å². The molecular weight excluding hydrogens is 322 g/mol. The molecule has 6 nitrogen and oxygen atoms in total. The van der Waals surface area contributed by atoms with Gasteiger partial charge in [0.1, 0.15) is 11.5 Å². The molecule has 1 aromatic heterocycles. The minimum Gasteiger partial charge on any atom is -0.461 e. The summed E-state index contributed by atoms with van der Waals surface area (Å²) in [6.45, 7) is 2.39. The number of aliphatic imine (C=N–C) groups is 1. The highest BCUT2D eigenvalue weighted by Gasteiger charge is 2.36. The maximum Gasteiger partial charge on any atom is 0.363 e. The van der Waals surface area contributed by atoms with Crippen molar-refractivity contribution < 1.29 is 23.4 Å². The molecule has 0 N–H and O–H groups in total. The number of fused-ring (bicyclic) bond motifs is 1. The summed E-state index contributed by atoms with van der Waals surface area (Å²) in [4.78, 5) is 16.4. The van der Waals surface area contributed by atoms with Gasteiger partial charge in [-0.2, -0.15) is 0 Å². The lowest BCUT2D eigenvalue weighted by Gasteiger charge is -2.01. The van der Waals surface area contributed by atoms with Gasteiger partial charge in [0.2, 0.25) is 12.7 Å². The predicted octanol–water partition coefficient (Wildman–Crippen LogP) is 3.48. The molecule has 2 aromatic rings. The van der Waals surface area contributed by atoms with Crippen LogP contribution in [0.15, 0.2) is 45.4 Å². The molecule has 2 aliphatic heterocycles. The van der Waals surface area contributed by atoms with E-state index in [0.29, 0.717) is 34.7 Å². The number of ether oxygens (including phenoxy) is 3. The van der Waals surface area contributed by atoms with Crippen LogP contribution in [0, 0.1) is 5.92 Å². The van der Waals surface area contributed by atoms with Gasteiger partial charge >= 0.3 is 5.97 Å². The minimum absolute atomic E-state index is 0.191. The van der Waals surface area contributed by atoms with E-state index in [4.69, 9.17) is 18.6 Å².